The topological polar surface area (TPSA) is 64.3 Å². The Morgan fingerprint density at radius 3 is 2.76 bits per heavy atom. The van der Waals surface area contributed by atoms with Crippen LogP contribution in [0.2, 0.25) is 5.02 Å². The van der Waals surface area contributed by atoms with Gasteiger partial charge in [-0.25, -0.2) is 0 Å². The number of halogens is 2. The van der Waals surface area contributed by atoms with Crippen LogP contribution in [0.1, 0.15) is 17.3 Å². The van der Waals surface area contributed by atoms with Crippen molar-refractivity contribution >= 4 is 44.8 Å². The molecule has 6 heteroatoms. The molecule has 2 aromatic carbocycles. The molecular weight excluding hydrogens is 356 g/mol. The lowest BCUT2D eigenvalue weighted by Gasteiger charge is -2.10. The molecule has 0 unspecified atom stereocenters. The van der Waals surface area contributed by atoms with Crippen LogP contribution in [0, 0.1) is 0 Å². The minimum atomic E-state index is -0.271. The average Bonchev–Trinajstić information content (AvgIpc) is 2.45. The van der Waals surface area contributed by atoms with E-state index in [1.165, 1.54) is 0 Å². The van der Waals surface area contributed by atoms with Crippen molar-refractivity contribution in [2.45, 2.75) is 6.92 Å². The van der Waals surface area contributed by atoms with Crippen molar-refractivity contribution in [1.82, 2.24) is 0 Å². The summed E-state index contributed by atoms with van der Waals surface area (Å²) in [6.45, 7) is 2.39. The number of anilines is 2. The molecule has 0 aliphatic carbocycles. The van der Waals surface area contributed by atoms with Crippen molar-refractivity contribution in [2.24, 2.45) is 0 Å². The van der Waals surface area contributed by atoms with Gasteiger partial charge >= 0.3 is 0 Å². The number of carbonyl (C=O) groups is 1. The highest BCUT2D eigenvalue weighted by molar-refractivity contribution is 9.10. The maximum atomic E-state index is 12.2. The van der Waals surface area contributed by atoms with E-state index in [1.54, 1.807) is 36.4 Å². The average molecular weight is 370 g/mol. The van der Waals surface area contributed by atoms with Crippen LogP contribution in [0.25, 0.3) is 0 Å². The Hall–Kier alpha value is -1.72. The molecule has 1 amide bonds. The third-order valence-corrected chi connectivity index (χ3v) is 3.68. The number of amides is 1. The summed E-state index contributed by atoms with van der Waals surface area (Å²) in [4.78, 5) is 12.2. The summed E-state index contributed by atoms with van der Waals surface area (Å²) >= 11 is 9.28. The van der Waals surface area contributed by atoms with Gasteiger partial charge in [0.2, 0.25) is 0 Å². The van der Waals surface area contributed by atoms with Gasteiger partial charge < -0.3 is 15.8 Å². The van der Waals surface area contributed by atoms with Crippen LogP contribution >= 0.6 is 27.5 Å². The van der Waals surface area contributed by atoms with Crippen molar-refractivity contribution in [1.29, 1.82) is 0 Å². The van der Waals surface area contributed by atoms with Crippen molar-refractivity contribution in [3.63, 3.8) is 0 Å². The Morgan fingerprint density at radius 1 is 1.33 bits per heavy atom. The zero-order valence-corrected chi connectivity index (χ0v) is 13.7. The predicted octanol–water partition coefficient (Wildman–Crippen LogP) is 4.34. The third kappa shape index (κ3) is 3.89. The molecule has 0 aromatic heterocycles. The number of nitrogen functional groups attached to an aromatic ring is 1. The summed E-state index contributed by atoms with van der Waals surface area (Å²) in [5, 5.41) is 3.32. The van der Waals surface area contributed by atoms with E-state index in [0.29, 0.717) is 34.3 Å². The zero-order chi connectivity index (χ0) is 15.4. The second-order valence-electron chi connectivity index (χ2n) is 4.26. The molecular formula is C15H14BrClN2O2. The summed E-state index contributed by atoms with van der Waals surface area (Å²) in [5.41, 5.74) is 7.33. The summed E-state index contributed by atoms with van der Waals surface area (Å²) in [5.74, 6) is 0.297. The van der Waals surface area contributed by atoms with Crippen LogP contribution in [0.4, 0.5) is 11.4 Å². The number of benzene rings is 2. The lowest BCUT2D eigenvalue weighted by molar-refractivity contribution is 0.102. The molecule has 0 aliphatic rings. The van der Waals surface area contributed by atoms with Gasteiger partial charge in [-0.15, -0.1) is 0 Å². The van der Waals surface area contributed by atoms with Crippen LogP contribution in [0.3, 0.4) is 0 Å². The summed E-state index contributed by atoms with van der Waals surface area (Å²) in [7, 11) is 0. The maximum Gasteiger partial charge on any atom is 0.255 e. The Kier molecular flexibility index (Phi) is 5.09. The number of nitrogens with two attached hydrogens (primary N) is 1. The van der Waals surface area contributed by atoms with Gasteiger partial charge in [-0.1, -0.05) is 11.6 Å². The van der Waals surface area contributed by atoms with Crippen LogP contribution in [-0.2, 0) is 0 Å². The van der Waals surface area contributed by atoms with Crippen molar-refractivity contribution < 1.29 is 9.53 Å². The monoisotopic (exact) mass is 368 g/mol. The van der Waals surface area contributed by atoms with Gasteiger partial charge in [-0.2, -0.15) is 0 Å². The first-order valence-electron chi connectivity index (χ1n) is 6.30. The molecule has 0 radical (unpaired) electrons. The number of carbonyl (C=O) groups excluding carboxylic acids is 1. The van der Waals surface area contributed by atoms with E-state index in [9.17, 15) is 4.79 Å². The smallest absolute Gasteiger partial charge is 0.255 e. The predicted molar refractivity (Wildman–Crippen MR) is 89.1 cm³/mol. The molecule has 0 bridgehead atoms. The zero-order valence-electron chi connectivity index (χ0n) is 11.3. The summed E-state index contributed by atoms with van der Waals surface area (Å²) in [6, 6.07) is 10.1. The fraction of sp³-hybridized carbons (Fsp3) is 0.133. The molecule has 0 atom stereocenters. The van der Waals surface area contributed by atoms with Gasteiger partial charge in [0.1, 0.15) is 5.75 Å². The number of hydrogen-bond acceptors (Lipinski definition) is 3. The maximum absolute atomic E-state index is 12.2. The van der Waals surface area contributed by atoms with E-state index >= 15 is 0 Å². The highest BCUT2D eigenvalue weighted by atomic mass is 79.9. The van der Waals surface area contributed by atoms with Crippen molar-refractivity contribution in [3.05, 3.63) is 51.5 Å². The molecule has 21 heavy (non-hydrogen) atoms. The number of hydrogen-bond donors (Lipinski definition) is 2. The lowest BCUT2D eigenvalue weighted by Crippen LogP contribution is -2.13. The quantitative estimate of drug-likeness (QED) is 0.788. The molecule has 110 valence electrons. The Bertz CT molecular complexity index is 677. The van der Waals surface area contributed by atoms with Crippen LogP contribution in [0.5, 0.6) is 5.75 Å². The van der Waals surface area contributed by atoms with Gasteiger partial charge in [0, 0.05) is 15.1 Å². The fourth-order valence-electron chi connectivity index (χ4n) is 1.76. The molecule has 2 rings (SSSR count). The molecule has 4 nitrogen and oxygen atoms in total. The number of rotatable bonds is 4. The molecule has 0 fully saturated rings. The first-order chi connectivity index (χ1) is 10.0. The first kappa shape index (κ1) is 15.7. The van der Waals surface area contributed by atoms with Crippen molar-refractivity contribution in [2.75, 3.05) is 17.7 Å². The fourth-order valence-corrected chi connectivity index (χ4v) is 2.28. The standard InChI is InChI=1S/C15H14BrClN2O2/c1-2-21-14-6-3-9(7-12(14)18)15(20)19-13-8-10(17)4-5-11(13)16/h3-8H,2,18H2,1H3,(H,19,20). The van der Waals surface area contributed by atoms with Gasteiger partial charge in [-0.3, -0.25) is 4.79 Å². The summed E-state index contributed by atoms with van der Waals surface area (Å²) in [6.07, 6.45) is 0. The van der Waals surface area contributed by atoms with Gasteiger partial charge in [0.15, 0.2) is 0 Å². The summed E-state index contributed by atoms with van der Waals surface area (Å²) < 4.78 is 6.09. The molecule has 0 heterocycles. The normalized spacial score (nSPS) is 10.2. The SMILES string of the molecule is CCOc1ccc(C(=O)Nc2cc(Cl)ccc2Br)cc1N. The minimum Gasteiger partial charge on any atom is -0.492 e. The Morgan fingerprint density at radius 2 is 2.10 bits per heavy atom. The molecule has 0 aliphatic heterocycles. The number of nitrogens with one attached hydrogen (secondary N) is 1. The Balaban J connectivity index is 2.20. The molecule has 0 spiro atoms. The minimum absolute atomic E-state index is 0.271. The van der Waals surface area contributed by atoms with E-state index in [4.69, 9.17) is 22.1 Å². The van der Waals surface area contributed by atoms with Gasteiger partial charge in [0.05, 0.1) is 18.0 Å². The molecule has 3 N–H and O–H groups in total. The van der Waals surface area contributed by atoms with E-state index < -0.39 is 0 Å². The molecule has 0 saturated heterocycles. The lowest BCUT2D eigenvalue weighted by atomic mass is 10.1. The van der Waals surface area contributed by atoms with Crippen LogP contribution < -0.4 is 15.8 Å². The van der Waals surface area contributed by atoms with E-state index in [2.05, 4.69) is 21.2 Å². The van der Waals surface area contributed by atoms with Crippen molar-refractivity contribution in [3.8, 4) is 5.75 Å². The molecule has 2 aromatic rings. The number of ether oxygens (including phenoxy) is 1. The highest BCUT2D eigenvalue weighted by Gasteiger charge is 2.11. The first-order valence-corrected chi connectivity index (χ1v) is 7.47. The highest BCUT2D eigenvalue weighted by Crippen LogP contribution is 2.27. The van der Waals surface area contributed by atoms with Gasteiger partial charge in [0.25, 0.3) is 5.91 Å². The van der Waals surface area contributed by atoms with E-state index in [1.807, 2.05) is 6.92 Å². The van der Waals surface area contributed by atoms with E-state index in [0.717, 1.165) is 4.47 Å². The largest absolute Gasteiger partial charge is 0.492 e. The Labute approximate surface area is 136 Å². The van der Waals surface area contributed by atoms with E-state index in [-0.39, 0.29) is 5.91 Å². The van der Waals surface area contributed by atoms with Crippen LogP contribution in [-0.4, -0.2) is 12.5 Å². The second kappa shape index (κ2) is 6.83. The second-order valence-corrected chi connectivity index (χ2v) is 5.55. The third-order valence-electron chi connectivity index (χ3n) is 2.75. The van der Waals surface area contributed by atoms with Crippen LogP contribution in [0.15, 0.2) is 40.9 Å². The van der Waals surface area contributed by atoms with Gasteiger partial charge in [-0.05, 0) is 59.3 Å². The molecule has 0 saturated carbocycles.